The second-order valence-electron chi connectivity index (χ2n) is 6.05. The summed E-state index contributed by atoms with van der Waals surface area (Å²) < 4.78 is 2.09. The molecule has 0 aliphatic rings. The number of carboxylic acid groups (broad SMARTS) is 1. The van der Waals surface area contributed by atoms with Crippen molar-refractivity contribution in [1.29, 1.82) is 0 Å². The van der Waals surface area contributed by atoms with Crippen LogP contribution in [0.15, 0.2) is 30.3 Å². The fourth-order valence-electron chi connectivity index (χ4n) is 3.11. The standard InChI is InChI=1S/C19H20N2O2/c1-11-8-9-14(19(22)23)13(3)15(11)10-17-20-18-12(2)6-5-7-16(18)21(17)4/h5-9H,10H2,1-4H3,(H,22,23). The zero-order valence-electron chi connectivity index (χ0n) is 13.8. The number of hydrogen-bond acceptors (Lipinski definition) is 2. The van der Waals surface area contributed by atoms with Crippen LogP contribution in [0.3, 0.4) is 0 Å². The van der Waals surface area contributed by atoms with Crippen molar-refractivity contribution in [3.05, 3.63) is 64.0 Å². The molecule has 0 unspecified atom stereocenters. The Labute approximate surface area is 135 Å². The minimum atomic E-state index is -0.885. The van der Waals surface area contributed by atoms with E-state index in [-0.39, 0.29) is 0 Å². The highest BCUT2D eigenvalue weighted by Crippen LogP contribution is 2.24. The van der Waals surface area contributed by atoms with E-state index in [4.69, 9.17) is 4.98 Å². The second-order valence-corrected chi connectivity index (χ2v) is 6.05. The Bertz CT molecular complexity index is 923. The minimum absolute atomic E-state index is 0.362. The smallest absolute Gasteiger partial charge is 0.335 e. The molecule has 2 aromatic carbocycles. The van der Waals surface area contributed by atoms with Gasteiger partial charge in [-0.25, -0.2) is 9.78 Å². The molecule has 23 heavy (non-hydrogen) atoms. The van der Waals surface area contributed by atoms with E-state index in [2.05, 4.69) is 23.6 Å². The van der Waals surface area contributed by atoms with Gasteiger partial charge in [0.2, 0.25) is 0 Å². The molecule has 0 amide bonds. The highest BCUT2D eigenvalue weighted by Gasteiger charge is 2.16. The number of fused-ring (bicyclic) bond motifs is 1. The number of benzene rings is 2. The zero-order chi connectivity index (χ0) is 16.7. The number of carboxylic acids is 1. The molecule has 0 aliphatic carbocycles. The Morgan fingerprint density at radius 3 is 2.52 bits per heavy atom. The van der Waals surface area contributed by atoms with E-state index >= 15 is 0 Å². The molecule has 4 nitrogen and oxygen atoms in total. The molecule has 118 valence electrons. The van der Waals surface area contributed by atoms with Gasteiger partial charge < -0.3 is 9.67 Å². The average molecular weight is 308 g/mol. The first-order valence-corrected chi connectivity index (χ1v) is 7.63. The predicted octanol–water partition coefficient (Wildman–Crippen LogP) is 3.79. The van der Waals surface area contributed by atoms with E-state index in [0.29, 0.717) is 12.0 Å². The molecule has 0 saturated heterocycles. The van der Waals surface area contributed by atoms with Crippen LogP contribution >= 0.6 is 0 Å². The number of aromatic nitrogens is 2. The van der Waals surface area contributed by atoms with Crippen molar-refractivity contribution in [3.8, 4) is 0 Å². The van der Waals surface area contributed by atoms with E-state index in [1.807, 2.05) is 33.0 Å². The summed E-state index contributed by atoms with van der Waals surface area (Å²) in [5, 5.41) is 9.33. The lowest BCUT2D eigenvalue weighted by Crippen LogP contribution is -2.07. The number of para-hydroxylation sites is 1. The van der Waals surface area contributed by atoms with Gasteiger partial charge in [0, 0.05) is 13.5 Å². The Morgan fingerprint density at radius 2 is 1.87 bits per heavy atom. The van der Waals surface area contributed by atoms with Crippen LogP contribution in [0.5, 0.6) is 0 Å². The maximum absolute atomic E-state index is 11.4. The molecule has 3 aromatic rings. The Morgan fingerprint density at radius 1 is 1.13 bits per heavy atom. The van der Waals surface area contributed by atoms with Crippen molar-refractivity contribution in [2.75, 3.05) is 0 Å². The van der Waals surface area contributed by atoms with Gasteiger partial charge in [0.25, 0.3) is 0 Å². The summed E-state index contributed by atoms with van der Waals surface area (Å²) in [5.41, 5.74) is 6.58. The van der Waals surface area contributed by atoms with Crippen molar-refractivity contribution in [1.82, 2.24) is 9.55 Å². The van der Waals surface area contributed by atoms with E-state index in [1.54, 1.807) is 6.07 Å². The number of nitrogens with zero attached hydrogens (tertiary/aromatic N) is 2. The Kier molecular flexibility index (Phi) is 3.68. The van der Waals surface area contributed by atoms with Gasteiger partial charge in [-0.1, -0.05) is 18.2 Å². The number of aryl methyl sites for hydroxylation is 3. The normalized spacial score (nSPS) is 11.1. The van der Waals surface area contributed by atoms with Gasteiger partial charge in [0.1, 0.15) is 5.82 Å². The third kappa shape index (κ3) is 2.50. The number of carbonyl (C=O) groups is 1. The molecule has 1 heterocycles. The molecule has 0 radical (unpaired) electrons. The summed E-state index contributed by atoms with van der Waals surface area (Å²) in [4.78, 5) is 16.1. The predicted molar refractivity (Wildman–Crippen MR) is 91.1 cm³/mol. The molecule has 3 rings (SSSR count). The molecular weight excluding hydrogens is 288 g/mol. The van der Waals surface area contributed by atoms with E-state index in [1.165, 1.54) is 0 Å². The van der Waals surface area contributed by atoms with Gasteiger partial charge >= 0.3 is 5.97 Å². The molecule has 1 aromatic heterocycles. The summed E-state index contributed by atoms with van der Waals surface area (Å²) in [7, 11) is 2.01. The van der Waals surface area contributed by atoms with Crippen molar-refractivity contribution in [2.45, 2.75) is 27.2 Å². The largest absolute Gasteiger partial charge is 0.478 e. The maximum Gasteiger partial charge on any atom is 0.335 e. The van der Waals surface area contributed by atoms with Crippen LogP contribution in [0, 0.1) is 20.8 Å². The first-order valence-electron chi connectivity index (χ1n) is 7.63. The average Bonchev–Trinajstić information content (AvgIpc) is 2.81. The van der Waals surface area contributed by atoms with Crippen molar-refractivity contribution in [2.24, 2.45) is 7.05 Å². The summed E-state index contributed by atoms with van der Waals surface area (Å²) in [6, 6.07) is 9.70. The summed E-state index contributed by atoms with van der Waals surface area (Å²) in [6.45, 7) is 5.95. The van der Waals surface area contributed by atoms with Gasteiger partial charge in [-0.3, -0.25) is 0 Å². The fraction of sp³-hybridized carbons (Fsp3) is 0.263. The van der Waals surface area contributed by atoms with Crippen LogP contribution in [0.25, 0.3) is 11.0 Å². The fourth-order valence-corrected chi connectivity index (χ4v) is 3.11. The number of rotatable bonds is 3. The molecule has 1 N–H and O–H groups in total. The summed E-state index contributed by atoms with van der Waals surface area (Å²) in [6.07, 6.45) is 0.628. The lowest BCUT2D eigenvalue weighted by molar-refractivity contribution is 0.0696. The molecule has 0 atom stereocenters. The molecule has 0 bridgehead atoms. The van der Waals surface area contributed by atoms with Crippen LogP contribution in [0.1, 0.15) is 38.4 Å². The van der Waals surface area contributed by atoms with Crippen molar-refractivity contribution in [3.63, 3.8) is 0 Å². The molecule has 4 heteroatoms. The SMILES string of the molecule is Cc1ccc(C(=O)O)c(C)c1Cc1nc2c(C)cccc2n1C. The summed E-state index contributed by atoms with van der Waals surface area (Å²) >= 11 is 0. The van der Waals surface area contributed by atoms with Gasteiger partial charge in [0.15, 0.2) is 0 Å². The maximum atomic E-state index is 11.4. The first-order chi connectivity index (χ1) is 10.9. The van der Waals surface area contributed by atoms with Crippen LogP contribution in [0.4, 0.5) is 0 Å². The van der Waals surface area contributed by atoms with Crippen LogP contribution in [-0.2, 0) is 13.5 Å². The van der Waals surface area contributed by atoms with E-state index in [0.717, 1.165) is 39.1 Å². The van der Waals surface area contributed by atoms with E-state index < -0.39 is 5.97 Å². The lowest BCUT2D eigenvalue weighted by Gasteiger charge is -2.12. The molecule has 0 saturated carbocycles. The van der Waals surface area contributed by atoms with Crippen LogP contribution in [0.2, 0.25) is 0 Å². The van der Waals surface area contributed by atoms with Gasteiger partial charge in [-0.15, -0.1) is 0 Å². The molecular formula is C19H20N2O2. The first kappa shape index (κ1) is 15.3. The quantitative estimate of drug-likeness (QED) is 0.801. The lowest BCUT2D eigenvalue weighted by atomic mass is 9.95. The number of aromatic carboxylic acids is 1. The van der Waals surface area contributed by atoms with Crippen molar-refractivity contribution >= 4 is 17.0 Å². The van der Waals surface area contributed by atoms with Crippen LogP contribution < -0.4 is 0 Å². The van der Waals surface area contributed by atoms with Crippen molar-refractivity contribution < 1.29 is 9.90 Å². The monoisotopic (exact) mass is 308 g/mol. The zero-order valence-corrected chi connectivity index (χ0v) is 13.8. The third-order valence-corrected chi connectivity index (χ3v) is 4.60. The van der Waals surface area contributed by atoms with E-state index in [9.17, 15) is 9.90 Å². The highest BCUT2D eigenvalue weighted by molar-refractivity contribution is 5.90. The minimum Gasteiger partial charge on any atom is -0.478 e. The van der Waals surface area contributed by atoms with Gasteiger partial charge in [-0.05, 0) is 55.2 Å². The van der Waals surface area contributed by atoms with Crippen LogP contribution in [-0.4, -0.2) is 20.6 Å². The topological polar surface area (TPSA) is 55.1 Å². The molecule has 0 aliphatic heterocycles. The Balaban J connectivity index is 2.13. The Hall–Kier alpha value is -2.62. The molecule has 0 fully saturated rings. The highest BCUT2D eigenvalue weighted by atomic mass is 16.4. The number of imidazole rings is 1. The second kappa shape index (κ2) is 5.54. The third-order valence-electron chi connectivity index (χ3n) is 4.60. The number of hydrogen-bond donors (Lipinski definition) is 1. The summed E-state index contributed by atoms with van der Waals surface area (Å²) in [5.74, 6) is 0.0626. The van der Waals surface area contributed by atoms with Gasteiger partial charge in [0.05, 0.1) is 16.6 Å². The molecule has 0 spiro atoms. The van der Waals surface area contributed by atoms with Gasteiger partial charge in [-0.2, -0.15) is 0 Å².